The molecule has 0 aliphatic heterocycles. The fourth-order valence-electron chi connectivity index (χ4n) is 8.70. The molecule has 0 aliphatic rings. The highest BCUT2D eigenvalue weighted by atomic mass is 32.2. The molecule has 21 nitrogen and oxygen atoms in total. The van der Waals surface area contributed by atoms with E-state index < -0.39 is 89.6 Å². The number of thioether (sulfide) groups is 1. The van der Waals surface area contributed by atoms with E-state index in [1.807, 2.05) is 86.8 Å². The number of para-hydroxylation sites is 1. The lowest BCUT2D eigenvalue weighted by Gasteiger charge is -2.28. The minimum atomic E-state index is -1.36. The Kier molecular flexibility index (Phi) is 23.3. The topological polar surface area (TPSA) is 353 Å². The first kappa shape index (κ1) is 59.9. The number of nitrogens with two attached hydrogens (primary N) is 4. The van der Waals surface area contributed by atoms with Gasteiger partial charge in [-0.05, 0) is 84.1 Å². The van der Waals surface area contributed by atoms with Gasteiger partial charge in [0.15, 0.2) is 5.96 Å². The number of carbonyl (C=O) groups is 8. The van der Waals surface area contributed by atoms with E-state index in [1.54, 1.807) is 36.5 Å². The number of fused-ring (bicyclic) bond motifs is 2. The van der Waals surface area contributed by atoms with Crippen molar-refractivity contribution in [2.45, 2.75) is 108 Å². The van der Waals surface area contributed by atoms with Crippen molar-refractivity contribution >= 4 is 86.7 Å². The number of aromatic amines is 1. The molecule has 5 aromatic rings. The number of primary amides is 1. The third-order valence-electron chi connectivity index (χ3n) is 12.7. The van der Waals surface area contributed by atoms with E-state index in [1.165, 1.54) is 18.7 Å². The SMILES string of the molecule is CSCC[C@H](NC(=O)CN)C(=O)N[C@@H](C)C(=O)N[C@H](CC(C)C)C(=O)N[C@H](Cc1cccc2ccccc12)C(=O)N[C@H](Cc1c[nH]c2ccccc12)C(=O)N[C@@H](Cc1ccccc1)C(=O)N[C@@H](CCCN=C(N)N)C(N)=O. The van der Waals surface area contributed by atoms with Crippen LogP contribution in [-0.2, 0) is 57.6 Å². The van der Waals surface area contributed by atoms with Crippen LogP contribution in [0.3, 0.4) is 0 Å². The van der Waals surface area contributed by atoms with Crippen molar-refractivity contribution in [3.05, 3.63) is 120 Å². The Labute approximate surface area is 452 Å². The van der Waals surface area contributed by atoms with Crippen molar-refractivity contribution in [3.63, 3.8) is 0 Å². The first-order valence-electron chi connectivity index (χ1n) is 25.6. The monoisotopic (exact) mass is 1080 g/mol. The zero-order valence-electron chi connectivity index (χ0n) is 43.9. The molecule has 8 amide bonds. The Morgan fingerprint density at radius 2 is 1.10 bits per heavy atom. The highest BCUT2D eigenvalue weighted by molar-refractivity contribution is 7.98. The van der Waals surface area contributed by atoms with E-state index >= 15 is 4.79 Å². The van der Waals surface area contributed by atoms with Gasteiger partial charge in [0.1, 0.15) is 42.3 Å². The van der Waals surface area contributed by atoms with Gasteiger partial charge in [-0.2, -0.15) is 11.8 Å². The zero-order chi connectivity index (χ0) is 56.0. The molecule has 0 radical (unpaired) electrons. The van der Waals surface area contributed by atoms with Crippen molar-refractivity contribution < 1.29 is 38.4 Å². The molecule has 0 aliphatic carbocycles. The minimum absolute atomic E-state index is 0.0138. The average Bonchev–Trinajstić information content (AvgIpc) is 3.82. The Balaban J connectivity index is 1.48. The molecule has 412 valence electrons. The number of H-pyrrole nitrogens is 1. The van der Waals surface area contributed by atoms with Crippen molar-refractivity contribution in [1.29, 1.82) is 0 Å². The summed E-state index contributed by atoms with van der Waals surface area (Å²) < 4.78 is 0. The summed E-state index contributed by atoms with van der Waals surface area (Å²) in [6.07, 6.45) is 4.24. The van der Waals surface area contributed by atoms with Gasteiger partial charge in [-0.3, -0.25) is 43.3 Å². The first-order chi connectivity index (χ1) is 36.9. The maximum Gasteiger partial charge on any atom is 0.243 e. The van der Waals surface area contributed by atoms with Crippen LogP contribution in [0.5, 0.6) is 0 Å². The van der Waals surface area contributed by atoms with Crippen LogP contribution < -0.4 is 60.2 Å². The molecule has 16 N–H and O–H groups in total. The summed E-state index contributed by atoms with van der Waals surface area (Å²) in [5.41, 5.74) is 25.0. The quantitative estimate of drug-likeness (QED) is 0.0175. The Hall–Kier alpha value is -7.98. The van der Waals surface area contributed by atoms with Gasteiger partial charge in [0.2, 0.25) is 47.3 Å². The second-order valence-electron chi connectivity index (χ2n) is 19.2. The van der Waals surface area contributed by atoms with Gasteiger partial charge in [-0.25, -0.2) is 0 Å². The summed E-state index contributed by atoms with van der Waals surface area (Å²) in [7, 11) is 0. The van der Waals surface area contributed by atoms with E-state index in [-0.39, 0.29) is 63.5 Å². The first-order valence-corrected chi connectivity index (χ1v) is 27.0. The van der Waals surface area contributed by atoms with Gasteiger partial charge in [0.05, 0.1) is 6.54 Å². The van der Waals surface area contributed by atoms with Crippen molar-refractivity contribution in [2.75, 3.05) is 25.1 Å². The highest BCUT2D eigenvalue weighted by Gasteiger charge is 2.35. The molecule has 0 fully saturated rings. The van der Waals surface area contributed by atoms with Crippen LogP contribution in [0.25, 0.3) is 21.7 Å². The van der Waals surface area contributed by atoms with Gasteiger partial charge >= 0.3 is 0 Å². The molecule has 1 heterocycles. The molecule has 4 aromatic carbocycles. The zero-order valence-corrected chi connectivity index (χ0v) is 44.8. The number of amides is 8. The molecule has 5 rings (SSSR count). The largest absolute Gasteiger partial charge is 0.370 e. The van der Waals surface area contributed by atoms with Crippen LogP contribution >= 0.6 is 11.8 Å². The lowest BCUT2D eigenvalue weighted by atomic mass is 9.96. The standard InChI is InChI=1S/C55H73N13O8S/c1-32(2)26-43(65-49(71)33(3)62-50(72)42(23-25-77-4)63-47(69)30-56)51(73)67-45(28-36-18-12-17-35-16-8-9-19-38(35)36)53(75)68-46(29-37-31-61-40-21-11-10-20-39(37)40)54(76)66-44(27-34-14-6-5-7-15-34)52(74)64-41(48(57)70)22-13-24-60-55(58)59/h5-12,14-21,31-33,41-46,61H,13,22-30,56H2,1-4H3,(H2,57,70)(H,62,72)(H,63,69)(H,64,74)(H,65,71)(H,66,76)(H,67,73)(H,68,75)(H4,58,59,60)/t33-,41-,42-,43+,44-,45+,46+/m0/s1. The molecule has 1 aromatic heterocycles. The number of nitrogens with one attached hydrogen (secondary N) is 8. The van der Waals surface area contributed by atoms with Crippen molar-refractivity contribution in [2.24, 2.45) is 33.8 Å². The summed E-state index contributed by atoms with van der Waals surface area (Å²) in [4.78, 5) is 118. The van der Waals surface area contributed by atoms with Crippen LogP contribution in [-0.4, -0.2) is 126 Å². The molecule has 0 bridgehead atoms. The summed E-state index contributed by atoms with van der Waals surface area (Å²) in [6, 6.07) is 21.0. The predicted octanol–water partition coefficient (Wildman–Crippen LogP) is 1.06. The number of guanidine groups is 1. The lowest BCUT2D eigenvalue weighted by molar-refractivity contribution is -0.135. The minimum Gasteiger partial charge on any atom is -0.370 e. The van der Waals surface area contributed by atoms with E-state index in [9.17, 15) is 33.6 Å². The van der Waals surface area contributed by atoms with Crippen LogP contribution in [0.2, 0.25) is 0 Å². The maximum atomic E-state index is 15.1. The second kappa shape index (κ2) is 29.9. The number of benzene rings is 4. The van der Waals surface area contributed by atoms with Crippen molar-refractivity contribution in [3.8, 4) is 0 Å². The number of carbonyl (C=O) groups excluding carboxylic acids is 8. The van der Waals surface area contributed by atoms with Crippen LogP contribution in [0.4, 0.5) is 0 Å². The smallest absolute Gasteiger partial charge is 0.243 e. The van der Waals surface area contributed by atoms with E-state index in [0.717, 1.165) is 21.7 Å². The molecule has 0 spiro atoms. The fraction of sp³-hybridized carbons (Fsp3) is 0.400. The normalized spacial score (nSPS) is 13.9. The van der Waals surface area contributed by atoms with Crippen molar-refractivity contribution in [1.82, 2.24) is 42.2 Å². The summed E-state index contributed by atoms with van der Waals surface area (Å²) in [5.74, 6) is -5.32. The third kappa shape index (κ3) is 18.7. The highest BCUT2D eigenvalue weighted by Crippen LogP contribution is 2.22. The molecular formula is C55H73N13O8S. The summed E-state index contributed by atoms with van der Waals surface area (Å²) in [5, 5.41) is 21.8. The second-order valence-corrected chi connectivity index (χ2v) is 20.2. The molecule has 22 heteroatoms. The molecular weight excluding hydrogens is 1000 g/mol. The Bertz CT molecular complexity index is 2850. The van der Waals surface area contributed by atoms with Crippen LogP contribution in [0.15, 0.2) is 108 Å². The van der Waals surface area contributed by atoms with Gasteiger partial charge < -0.3 is 65.1 Å². The molecule has 0 saturated carbocycles. The van der Waals surface area contributed by atoms with E-state index in [0.29, 0.717) is 28.9 Å². The molecule has 0 saturated heterocycles. The lowest BCUT2D eigenvalue weighted by Crippen LogP contribution is -2.60. The fourth-order valence-corrected chi connectivity index (χ4v) is 9.18. The Morgan fingerprint density at radius 1 is 0.558 bits per heavy atom. The van der Waals surface area contributed by atoms with Crippen LogP contribution in [0.1, 0.15) is 63.1 Å². The molecule has 77 heavy (non-hydrogen) atoms. The van der Waals surface area contributed by atoms with Gasteiger partial charge in [0.25, 0.3) is 0 Å². The average molecular weight is 1080 g/mol. The van der Waals surface area contributed by atoms with Crippen LogP contribution in [0, 0.1) is 5.92 Å². The number of nitrogens with zero attached hydrogens (tertiary/aromatic N) is 1. The van der Waals surface area contributed by atoms with Gasteiger partial charge in [-0.1, -0.05) is 105 Å². The number of aromatic nitrogens is 1. The third-order valence-corrected chi connectivity index (χ3v) is 13.4. The van der Waals surface area contributed by atoms with E-state index in [4.69, 9.17) is 22.9 Å². The van der Waals surface area contributed by atoms with Gasteiger partial charge in [-0.15, -0.1) is 0 Å². The predicted molar refractivity (Wildman–Crippen MR) is 300 cm³/mol. The maximum absolute atomic E-state index is 15.1. The number of hydrogen-bond acceptors (Lipinski definition) is 11. The molecule has 7 atom stereocenters. The number of aliphatic imine (C=N–C) groups is 1. The summed E-state index contributed by atoms with van der Waals surface area (Å²) in [6.45, 7) is 5.01. The van der Waals surface area contributed by atoms with Gasteiger partial charge in [0, 0.05) is 42.9 Å². The molecule has 0 unspecified atom stereocenters. The number of hydrogen-bond donors (Lipinski definition) is 12. The Morgan fingerprint density at radius 3 is 1.73 bits per heavy atom. The summed E-state index contributed by atoms with van der Waals surface area (Å²) >= 11 is 1.47. The number of rotatable bonds is 30. The van der Waals surface area contributed by atoms with E-state index in [2.05, 4.69) is 47.2 Å².